The van der Waals surface area contributed by atoms with Gasteiger partial charge in [-0.05, 0) is 40.9 Å². The second-order valence-electron chi connectivity index (χ2n) is 3.95. The first kappa shape index (κ1) is 13.0. The molecule has 7 heteroatoms. The van der Waals surface area contributed by atoms with Gasteiger partial charge in [-0.25, -0.2) is 13.1 Å². The molecule has 0 radical (unpaired) electrons. The Balaban J connectivity index is 2.16. The molecule has 1 heterocycles. The number of nitrogens with one attached hydrogen (secondary N) is 1. The fraction of sp³-hybridized carbons (Fsp3) is 0.500. The highest BCUT2D eigenvalue weighted by molar-refractivity contribution is 9.11. The largest absolute Gasteiger partial charge is 0.250 e. The van der Waals surface area contributed by atoms with E-state index < -0.39 is 10.0 Å². The summed E-state index contributed by atoms with van der Waals surface area (Å²) in [6, 6.07) is 5.18. The zero-order valence-electron chi connectivity index (χ0n) is 8.89. The first-order chi connectivity index (χ1) is 8.03. The Morgan fingerprint density at radius 1 is 1.47 bits per heavy atom. The van der Waals surface area contributed by atoms with Crippen molar-refractivity contribution in [1.82, 2.24) is 4.72 Å². The van der Waals surface area contributed by atoms with Crippen molar-refractivity contribution in [2.45, 2.75) is 29.5 Å². The van der Waals surface area contributed by atoms with E-state index in [-0.39, 0.29) is 16.2 Å². The molecule has 92 valence electrons. The topological polar surface area (TPSA) is 70.0 Å². The van der Waals surface area contributed by atoms with Crippen molar-refractivity contribution in [1.29, 1.82) is 5.26 Å². The summed E-state index contributed by atoms with van der Waals surface area (Å²) >= 11 is 4.41. The second kappa shape index (κ2) is 5.06. The van der Waals surface area contributed by atoms with Crippen molar-refractivity contribution >= 4 is 37.3 Å². The van der Waals surface area contributed by atoms with Gasteiger partial charge in [-0.2, -0.15) is 5.26 Å². The molecule has 1 aliphatic rings. The molecule has 2 unspecified atom stereocenters. The van der Waals surface area contributed by atoms with Gasteiger partial charge in [0.2, 0.25) is 10.0 Å². The third-order valence-electron chi connectivity index (χ3n) is 2.80. The number of sulfonamides is 1. The molecule has 0 saturated heterocycles. The first-order valence-corrected chi connectivity index (χ1v) is 8.29. The lowest BCUT2D eigenvalue weighted by Crippen LogP contribution is -2.36. The minimum atomic E-state index is -3.48. The van der Waals surface area contributed by atoms with Crippen LogP contribution in [0, 0.1) is 17.2 Å². The van der Waals surface area contributed by atoms with E-state index >= 15 is 0 Å². The molecule has 2 rings (SSSR count). The molecule has 4 nitrogen and oxygen atoms in total. The highest BCUT2D eigenvalue weighted by Crippen LogP contribution is 2.29. The summed E-state index contributed by atoms with van der Waals surface area (Å²) < 4.78 is 27.8. The Bertz CT molecular complexity index is 547. The molecular weight excluding hydrogens is 324 g/mol. The fourth-order valence-corrected chi connectivity index (χ4v) is 5.29. The number of rotatable bonds is 3. The smallest absolute Gasteiger partial charge is 0.206 e. The Labute approximate surface area is 113 Å². The van der Waals surface area contributed by atoms with Crippen LogP contribution in [0.25, 0.3) is 0 Å². The van der Waals surface area contributed by atoms with E-state index in [0.29, 0.717) is 0 Å². The number of hydrogen-bond acceptors (Lipinski definition) is 4. The van der Waals surface area contributed by atoms with Gasteiger partial charge >= 0.3 is 0 Å². The van der Waals surface area contributed by atoms with Crippen LogP contribution in [0.5, 0.6) is 0 Å². The number of nitrogens with zero attached hydrogens (tertiary/aromatic N) is 1. The van der Waals surface area contributed by atoms with Gasteiger partial charge in [0.25, 0.3) is 0 Å². The van der Waals surface area contributed by atoms with Crippen LogP contribution in [0.2, 0.25) is 0 Å². The average molecular weight is 335 g/mol. The number of hydrogen-bond donors (Lipinski definition) is 1. The minimum absolute atomic E-state index is 0.201. The van der Waals surface area contributed by atoms with Crippen LogP contribution < -0.4 is 4.72 Å². The Hall–Kier alpha value is -0.420. The second-order valence-corrected chi connectivity index (χ2v) is 8.36. The summed E-state index contributed by atoms with van der Waals surface area (Å²) in [7, 11) is -3.48. The highest BCUT2D eigenvalue weighted by Gasteiger charge is 2.31. The van der Waals surface area contributed by atoms with Gasteiger partial charge in [0.15, 0.2) is 0 Å². The molecule has 1 fully saturated rings. The van der Waals surface area contributed by atoms with E-state index in [1.165, 1.54) is 11.3 Å². The quantitative estimate of drug-likeness (QED) is 0.923. The van der Waals surface area contributed by atoms with Gasteiger partial charge in [-0.3, -0.25) is 0 Å². The molecule has 1 saturated carbocycles. The van der Waals surface area contributed by atoms with Crippen LogP contribution in [0.15, 0.2) is 20.1 Å². The average Bonchev–Trinajstić information content (AvgIpc) is 2.86. The molecule has 2 atom stereocenters. The molecule has 0 aliphatic heterocycles. The lowest BCUT2D eigenvalue weighted by molar-refractivity contribution is 0.516. The molecule has 1 aromatic heterocycles. The van der Waals surface area contributed by atoms with Crippen LogP contribution in [0.4, 0.5) is 0 Å². The molecule has 1 aliphatic carbocycles. The predicted octanol–water partition coefficient (Wildman–Crippen LogP) is 2.48. The van der Waals surface area contributed by atoms with E-state index in [9.17, 15) is 8.42 Å². The molecule has 0 bridgehead atoms. The van der Waals surface area contributed by atoms with Crippen molar-refractivity contribution in [3.8, 4) is 6.07 Å². The molecular formula is C10H11BrN2O2S2. The van der Waals surface area contributed by atoms with Gasteiger partial charge in [0.05, 0.1) is 15.8 Å². The van der Waals surface area contributed by atoms with Crippen LogP contribution in [0.1, 0.15) is 19.3 Å². The predicted molar refractivity (Wildman–Crippen MR) is 69.1 cm³/mol. The van der Waals surface area contributed by atoms with Crippen LogP contribution in [-0.4, -0.2) is 14.5 Å². The number of nitriles is 1. The SMILES string of the molecule is N#CC1CCCC1NS(=O)(=O)c1ccc(Br)s1. The first-order valence-electron chi connectivity index (χ1n) is 5.20. The molecule has 1 N–H and O–H groups in total. The van der Waals surface area contributed by atoms with Crippen molar-refractivity contribution in [3.63, 3.8) is 0 Å². The molecule has 17 heavy (non-hydrogen) atoms. The monoisotopic (exact) mass is 334 g/mol. The van der Waals surface area contributed by atoms with Gasteiger partial charge in [0.1, 0.15) is 4.21 Å². The Morgan fingerprint density at radius 3 is 2.82 bits per heavy atom. The van der Waals surface area contributed by atoms with Crippen LogP contribution in [0.3, 0.4) is 0 Å². The number of halogens is 1. The lowest BCUT2D eigenvalue weighted by atomic mass is 10.1. The van der Waals surface area contributed by atoms with Crippen molar-refractivity contribution in [3.05, 3.63) is 15.9 Å². The standard InChI is InChI=1S/C10H11BrN2O2S2/c11-9-4-5-10(16-9)17(14,15)13-8-3-1-2-7(8)6-12/h4-5,7-8,13H,1-3H2. The third kappa shape index (κ3) is 2.88. The maximum Gasteiger partial charge on any atom is 0.250 e. The van der Waals surface area contributed by atoms with Gasteiger partial charge in [0, 0.05) is 6.04 Å². The molecule has 0 aromatic carbocycles. The van der Waals surface area contributed by atoms with Gasteiger partial charge in [-0.15, -0.1) is 11.3 Å². The summed E-state index contributed by atoms with van der Waals surface area (Å²) in [6.45, 7) is 0. The van der Waals surface area contributed by atoms with E-state index in [1.807, 2.05) is 0 Å². The van der Waals surface area contributed by atoms with Crippen molar-refractivity contribution < 1.29 is 8.42 Å². The van der Waals surface area contributed by atoms with Crippen LogP contribution in [-0.2, 0) is 10.0 Å². The van der Waals surface area contributed by atoms with Gasteiger partial charge in [-0.1, -0.05) is 6.42 Å². The maximum atomic E-state index is 12.0. The van der Waals surface area contributed by atoms with E-state index in [0.717, 1.165) is 23.0 Å². The summed E-state index contributed by atoms with van der Waals surface area (Å²) in [5.74, 6) is -0.201. The lowest BCUT2D eigenvalue weighted by Gasteiger charge is -2.14. The molecule has 1 aromatic rings. The Kier molecular flexibility index (Phi) is 3.88. The third-order valence-corrected chi connectivity index (χ3v) is 6.41. The van der Waals surface area contributed by atoms with E-state index in [2.05, 4.69) is 26.7 Å². The van der Waals surface area contributed by atoms with Crippen LogP contribution >= 0.6 is 27.3 Å². The van der Waals surface area contributed by atoms with E-state index in [1.54, 1.807) is 12.1 Å². The van der Waals surface area contributed by atoms with E-state index in [4.69, 9.17) is 5.26 Å². The summed E-state index contributed by atoms with van der Waals surface area (Å²) in [5, 5.41) is 8.92. The highest BCUT2D eigenvalue weighted by atomic mass is 79.9. The maximum absolute atomic E-state index is 12.0. The zero-order chi connectivity index (χ0) is 12.5. The minimum Gasteiger partial charge on any atom is -0.206 e. The molecule has 0 amide bonds. The summed E-state index contributed by atoms with van der Waals surface area (Å²) in [6.07, 6.45) is 2.42. The Morgan fingerprint density at radius 2 is 2.24 bits per heavy atom. The summed E-state index contributed by atoms with van der Waals surface area (Å²) in [4.78, 5) is 0. The normalized spacial score (nSPS) is 24.7. The number of thiophene rings is 1. The van der Waals surface area contributed by atoms with Crippen molar-refractivity contribution in [2.75, 3.05) is 0 Å². The fourth-order valence-electron chi connectivity index (χ4n) is 1.96. The zero-order valence-corrected chi connectivity index (χ0v) is 12.1. The van der Waals surface area contributed by atoms with Crippen molar-refractivity contribution in [2.24, 2.45) is 5.92 Å². The van der Waals surface area contributed by atoms with Gasteiger partial charge < -0.3 is 0 Å². The summed E-state index contributed by atoms with van der Waals surface area (Å²) in [5.41, 5.74) is 0. The molecule has 0 spiro atoms.